The summed E-state index contributed by atoms with van der Waals surface area (Å²) in [6.07, 6.45) is 11.9. The molecule has 174 valence electrons. The number of carboxylic acid groups (broad SMARTS) is 1. The third-order valence-corrected chi connectivity index (χ3v) is 8.14. The first-order valence-corrected chi connectivity index (χ1v) is 12.7. The maximum Gasteiger partial charge on any atom is 0.362 e. The fourth-order valence-corrected chi connectivity index (χ4v) is 5.22. The highest BCUT2D eigenvalue weighted by atomic mass is 35.5. The first kappa shape index (κ1) is 29.1. The SMILES string of the molecule is CCOP(=O)(OCC)C(Cl)(CCC/C=C(\C)CC/C=C(\C)CCC=C(C)C)C(=O)O. The minimum Gasteiger partial charge on any atom is -0.479 e. The van der Waals surface area contributed by atoms with E-state index in [1.807, 2.05) is 0 Å². The highest BCUT2D eigenvalue weighted by Crippen LogP contribution is 2.64. The van der Waals surface area contributed by atoms with Crippen molar-refractivity contribution in [3.63, 3.8) is 0 Å². The van der Waals surface area contributed by atoms with Crippen molar-refractivity contribution < 1.29 is 23.5 Å². The summed E-state index contributed by atoms with van der Waals surface area (Å²) in [5, 5.41) is 9.60. The summed E-state index contributed by atoms with van der Waals surface area (Å²) in [5.41, 5.74) is 4.00. The molecule has 1 atom stereocenters. The van der Waals surface area contributed by atoms with Crippen molar-refractivity contribution in [2.24, 2.45) is 0 Å². The van der Waals surface area contributed by atoms with E-state index in [9.17, 15) is 14.5 Å². The number of unbranched alkanes of at least 4 members (excludes halogenated alkanes) is 1. The molecule has 5 nitrogen and oxygen atoms in total. The minimum atomic E-state index is -3.97. The van der Waals surface area contributed by atoms with Crippen LogP contribution in [0.1, 0.15) is 86.5 Å². The van der Waals surface area contributed by atoms with Gasteiger partial charge < -0.3 is 14.2 Å². The van der Waals surface area contributed by atoms with Crippen LogP contribution in [-0.2, 0) is 18.4 Å². The highest BCUT2D eigenvalue weighted by molar-refractivity contribution is 7.59. The molecule has 0 aromatic rings. The van der Waals surface area contributed by atoms with Crippen LogP contribution in [0.25, 0.3) is 0 Å². The van der Waals surface area contributed by atoms with Gasteiger partial charge in [-0.15, -0.1) is 0 Å². The molecular weight excluding hydrogens is 423 g/mol. The van der Waals surface area contributed by atoms with E-state index >= 15 is 0 Å². The zero-order chi connectivity index (χ0) is 23.2. The number of allylic oxidation sites excluding steroid dienone is 6. The maximum absolute atomic E-state index is 12.9. The quantitative estimate of drug-likeness (QED) is 0.109. The van der Waals surface area contributed by atoms with E-state index in [0.717, 1.165) is 25.7 Å². The van der Waals surface area contributed by atoms with Crippen molar-refractivity contribution in [1.29, 1.82) is 0 Å². The summed E-state index contributed by atoms with van der Waals surface area (Å²) in [5.74, 6) is -1.37. The Kier molecular flexibility index (Phi) is 14.6. The predicted molar refractivity (Wildman–Crippen MR) is 126 cm³/mol. The van der Waals surface area contributed by atoms with Crippen LogP contribution in [0.4, 0.5) is 0 Å². The molecule has 30 heavy (non-hydrogen) atoms. The second-order valence-corrected chi connectivity index (χ2v) is 10.9. The molecular formula is C23H40ClO5P. The van der Waals surface area contributed by atoms with Crippen molar-refractivity contribution in [3.05, 3.63) is 34.9 Å². The summed E-state index contributed by atoms with van der Waals surface area (Å²) in [7, 11) is -3.97. The van der Waals surface area contributed by atoms with Crippen molar-refractivity contribution in [2.45, 2.75) is 91.1 Å². The molecule has 0 aromatic carbocycles. The molecule has 0 aliphatic heterocycles. The van der Waals surface area contributed by atoms with Gasteiger partial charge in [-0.2, -0.15) is 0 Å². The van der Waals surface area contributed by atoms with Crippen LogP contribution in [0, 0.1) is 0 Å². The molecule has 0 fully saturated rings. The van der Waals surface area contributed by atoms with E-state index in [2.05, 4.69) is 45.9 Å². The Morgan fingerprint density at radius 2 is 1.40 bits per heavy atom. The lowest BCUT2D eigenvalue weighted by Crippen LogP contribution is -2.34. The van der Waals surface area contributed by atoms with Gasteiger partial charge in [-0.1, -0.05) is 46.5 Å². The minimum absolute atomic E-state index is 0.00825. The van der Waals surface area contributed by atoms with Gasteiger partial charge in [0.2, 0.25) is 4.62 Å². The van der Waals surface area contributed by atoms with Crippen molar-refractivity contribution >= 4 is 25.2 Å². The molecule has 0 amide bonds. The van der Waals surface area contributed by atoms with Gasteiger partial charge in [0.1, 0.15) is 0 Å². The summed E-state index contributed by atoms with van der Waals surface area (Å²) in [6.45, 7) is 11.9. The van der Waals surface area contributed by atoms with Crippen molar-refractivity contribution in [1.82, 2.24) is 0 Å². The fourth-order valence-electron chi connectivity index (χ4n) is 2.97. The second kappa shape index (κ2) is 15.0. The van der Waals surface area contributed by atoms with E-state index in [0.29, 0.717) is 12.8 Å². The van der Waals surface area contributed by atoms with Gasteiger partial charge in [0.25, 0.3) is 0 Å². The van der Waals surface area contributed by atoms with Crippen LogP contribution < -0.4 is 0 Å². The fraction of sp³-hybridized carbons (Fsp3) is 0.696. The Hall–Kier alpha value is -0.870. The van der Waals surface area contributed by atoms with Crippen LogP contribution in [0.2, 0.25) is 0 Å². The molecule has 1 N–H and O–H groups in total. The van der Waals surface area contributed by atoms with Crippen molar-refractivity contribution in [3.8, 4) is 0 Å². The molecule has 0 aliphatic rings. The second-order valence-electron chi connectivity index (χ2n) is 7.75. The van der Waals surface area contributed by atoms with Gasteiger partial charge in [-0.3, -0.25) is 4.57 Å². The average Bonchev–Trinajstić information content (AvgIpc) is 2.64. The Labute approximate surface area is 188 Å². The lowest BCUT2D eigenvalue weighted by molar-refractivity contribution is -0.138. The van der Waals surface area contributed by atoms with Gasteiger partial charge in [0.15, 0.2) is 0 Å². The lowest BCUT2D eigenvalue weighted by atomic mass is 10.0. The number of aliphatic carboxylic acids is 1. The van der Waals surface area contributed by atoms with E-state index < -0.39 is 18.2 Å². The number of hydrogen-bond acceptors (Lipinski definition) is 4. The van der Waals surface area contributed by atoms with E-state index in [-0.39, 0.29) is 19.6 Å². The summed E-state index contributed by atoms with van der Waals surface area (Å²) in [4.78, 5) is 11.8. The molecule has 0 aromatic heterocycles. The summed E-state index contributed by atoms with van der Waals surface area (Å²) >= 11 is 6.29. The van der Waals surface area contributed by atoms with Crippen LogP contribution >= 0.6 is 19.2 Å². The normalized spacial score (nSPS) is 15.0. The topological polar surface area (TPSA) is 72.8 Å². The van der Waals surface area contributed by atoms with Gasteiger partial charge in [0, 0.05) is 0 Å². The molecule has 0 spiro atoms. The Morgan fingerprint density at radius 1 is 0.933 bits per heavy atom. The van der Waals surface area contributed by atoms with Gasteiger partial charge >= 0.3 is 13.6 Å². The average molecular weight is 463 g/mol. The number of hydrogen-bond donors (Lipinski definition) is 1. The largest absolute Gasteiger partial charge is 0.479 e. The molecule has 0 saturated heterocycles. The monoisotopic (exact) mass is 462 g/mol. The number of carbonyl (C=O) groups is 1. The molecule has 0 heterocycles. The van der Waals surface area contributed by atoms with Crippen LogP contribution in [0.15, 0.2) is 34.9 Å². The molecule has 0 radical (unpaired) electrons. The molecule has 0 bridgehead atoms. The Balaban J connectivity index is 4.69. The third-order valence-electron chi connectivity index (χ3n) is 4.69. The molecule has 0 aliphatic carbocycles. The molecule has 0 saturated carbocycles. The Morgan fingerprint density at radius 3 is 1.83 bits per heavy atom. The first-order chi connectivity index (χ1) is 14.0. The maximum atomic E-state index is 12.9. The molecule has 0 rings (SSSR count). The zero-order valence-corrected chi connectivity index (χ0v) is 21.2. The molecule has 1 unspecified atom stereocenters. The number of rotatable bonds is 16. The highest BCUT2D eigenvalue weighted by Gasteiger charge is 2.55. The first-order valence-electron chi connectivity index (χ1n) is 10.8. The van der Waals surface area contributed by atoms with Gasteiger partial charge in [-0.05, 0) is 86.5 Å². The van der Waals surface area contributed by atoms with E-state index in [4.69, 9.17) is 20.6 Å². The molecule has 7 heteroatoms. The summed E-state index contributed by atoms with van der Waals surface area (Å²) in [6, 6.07) is 0. The predicted octanol–water partition coefficient (Wildman–Crippen LogP) is 7.86. The van der Waals surface area contributed by atoms with Crippen molar-refractivity contribution in [2.75, 3.05) is 13.2 Å². The lowest BCUT2D eigenvalue weighted by Gasteiger charge is -2.30. The van der Waals surface area contributed by atoms with Gasteiger partial charge in [-0.25, -0.2) is 4.79 Å². The number of halogens is 1. The van der Waals surface area contributed by atoms with Crippen LogP contribution in [-0.4, -0.2) is 28.9 Å². The zero-order valence-electron chi connectivity index (χ0n) is 19.5. The third kappa shape index (κ3) is 10.4. The smallest absolute Gasteiger partial charge is 0.362 e. The van der Waals surface area contributed by atoms with E-state index in [1.54, 1.807) is 13.8 Å². The summed E-state index contributed by atoms with van der Waals surface area (Å²) < 4.78 is 21.2. The van der Waals surface area contributed by atoms with Crippen LogP contribution in [0.5, 0.6) is 0 Å². The number of alkyl halides is 1. The van der Waals surface area contributed by atoms with Crippen LogP contribution in [0.3, 0.4) is 0 Å². The number of carboxylic acids is 1. The van der Waals surface area contributed by atoms with E-state index in [1.165, 1.54) is 16.7 Å². The van der Waals surface area contributed by atoms with Gasteiger partial charge in [0.05, 0.1) is 13.2 Å². The Bertz CT molecular complexity index is 655. The standard InChI is InChI=1S/C23H40ClO5P/c1-7-28-30(27,29-8-2)23(24,22(25)26)18-10-9-14-20(5)16-12-17-21(6)15-11-13-19(3)4/h13-14,17H,7-12,15-16,18H2,1-6H3,(H,25,26)/b20-14+,21-17+.